The topological polar surface area (TPSA) is 105 Å². The maximum atomic E-state index is 11.9. The molecule has 0 atom stereocenters. The summed E-state index contributed by atoms with van der Waals surface area (Å²) >= 11 is 0. The van der Waals surface area contributed by atoms with Crippen molar-refractivity contribution >= 4 is 23.9 Å². The molecule has 0 aliphatic heterocycles. The fourth-order valence-corrected chi connectivity index (χ4v) is 7.01. The van der Waals surface area contributed by atoms with E-state index in [9.17, 15) is 19.2 Å². The van der Waals surface area contributed by atoms with Gasteiger partial charge in [0.25, 0.3) is 0 Å². The van der Waals surface area contributed by atoms with Gasteiger partial charge in [-0.3, -0.25) is 0 Å². The van der Waals surface area contributed by atoms with Crippen molar-refractivity contribution in [2.75, 3.05) is 26.4 Å². The molecule has 0 aliphatic carbocycles. The van der Waals surface area contributed by atoms with Crippen molar-refractivity contribution in [2.45, 2.75) is 245 Å². The molecule has 0 aliphatic rings. The normalized spacial score (nSPS) is 11.4. The molecule has 8 heteroatoms. The number of hydrogen-bond donors (Lipinski definition) is 0. The van der Waals surface area contributed by atoms with Gasteiger partial charge in [-0.1, -0.05) is 206 Å². The number of ether oxygens (including phenoxy) is 4. The molecule has 0 bridgehead atoms. The van der Waals surface area contributed by atoms with Crippen LogP contribution >= 0.6 is 0 Å². The van der Waals surface area contributed by atoms with Crippen molar-refractivity contribution in [1.82, 2.24) is 0 Å². The Balaban J connectivity index is 3.49. The molecule has 0 spiro atoms. The van der Waals surface area contributed by atoms with Crippen LogP contribution in [0.3, 0.4) is 0 Å². The number of carbonyl (C=O) groups excluding carboxylic acids is 4. The average molecular weight is 819 g/mol. The molecule has 0 N–H and O–H groups in total. The van der Waals surface area contributed by atoms with E-state index in [1.807, 2.05) is 0 Å². The lowest BCUT2D eigenvalue weighted by Gasteiger charge is -2.05. The summed E-state index contributed by atoms with van der Waals surface area (Å²) in [6, 6.07) is 0. The highest BCUT2D eigenvalue weighted by atomic mass is 16.5. The molecule has 0 saturated heterocycles. The van der Waals surface area contributed by atoms with Crippen molar-refractivity contribution < 1.29 is 38.1 Å². The number of unbranched alkanes of at least 4 members (excludes halogenated alkanes) is 33. The van der Waals surface area contributed by atoms with E-state index in [1.165, 1.54) is 167 Å². The first kappa shape index (κ1) is 55.4. The highest BCUT2D eigenvalue weighted by Gasteiger charge is 2.04. The van der Waals surface area contributed by atoms with E-state index in [1.54, 1.807) is 0 Å². The molecule has 0 unspecified atom stereocenters. The highest BCUT2D eigenvalue weighted by molar-refractivity contribution is 5.92. The second kappa shape index (κ2) is 47.0. The molecule has 0 heterocycles. The molecule has 0 radical (unpaired) electrons. The summed E-state index contributed by atoms with van der Waals surface area (Å²) in [6.07, 6.45) is 48.9. The summed E-state index contributed by atoms with van der Waals surface area (Å²) in [6.45, 7) is 5.78. The van der Waals surface area contributed by atoms with E-state index in [0.29, 0.717) is 26.1 Å². The number of carbonyl (C=O) groups is 4. The molecule has 0 amide bonds. The third-order valence-corrected chi connectivity index (χ3v) is 10.7. The van der Waals surface area contributed by atoms with Gasteiger partial charge in [-0.2, -0.15) is 0 Å². The second-order valence-electron chi connectivity index (χ2n) is 16.4. The van der Waals surface area contributed by atoms with Crippen LogP contribution in [0.15, 0.2) is 24.3 Å². The zero-order chi connectivity index (χ0) is 42.3. The molecular weight excluding hydrogens is 729 g/mol. The zero-order valence-corrected chi connectivity index (χ0v) is 37.9. The average Bonchev–Trinajstić information content (AvgIpc) is 3.22. The first-order valence-corrected chi connectivity index (χ1v) is 24.5. The van der Waals surface area contributed by atoms with Gasteiger partial charge in [0.05, 0.1) is 26.4 Å². The van der Waals surface area contributed by atoms with Crippen LogP contribution in [0.25, 0.3) is 0 Å². The Morgan fingerprint density at radius 1 is 0.241 bits per heavy atom. The van der Waals surface area contributed by atoms with Crippen LogP contribution in [-0.2, 0) is 38.1 Å². The van der Waals surface area contributed by atoms with Gasteiger partial charge < -0.3 is 18.9 Å². The molecule has 0 fully saturated rings. The fourth-order valence-electron chi connectivity index (χ4n) is 7.01. The van der Waals surface area contributed by atoms with Crippen molar-refractivity contribution in [2.24, 2.45) is 0 Å². The van der Waals surface area contributed by atoms with Crippen LogP contribution in [0.2, 0.25) is 0 Å². The van der Waals surface area contributed by atoms with Gasteiger partial charge in [0.2, 0.25) is 0 Å². The van der Waals surface area contributed by atoms with Gasteiger partial charge in [0, 0.05) is 24.3 Å². The van der Waals surface area contributed by atoms with Crippen LogP contribution in [0, 0.1) is 0 Å². The third kappa shape index (κ3) is 46.1. The Hall–Kier alpha value is -2.64. The smallest absolute Gasteiger partial charge is 0.331 e. The van der Waals surface area contributed by atoms with E-state index >= 15 is 0 Å². The van der Waals surface area contributed by atoms with Gasteiger partial charge in [-0.15, -0.1) is 0 Å². The van der Waals surface area contributed by atoms with E-state index in [4.69, 9.17) is 18.9 Å². The van der Waals surface area contributed by atoms with E-state index in [0.717, 1.165) is 75.7 Å². The van der Waals surface area contributed by atoms with Crippen molar-refractivity contribution in [3.63, 3.8) is 0 Å². The van der Waals surface area contributed by atoms with Crippen LogP contribution in [0.4, 0.5) is 0 Å². The van der Waals surface area contributed by atoms with Gasteiger partial charge in [0.1, 0.15) is 0 Å². The minimum atomic E-state index is -0.566. The van der Waals surface area contributed by atoms with Gasteiger partial charge in [-0.25, -0.2) is 19.2 Å². The largest absolute Gasteiger partial charge is 0.463 e. The van der Waals surface area contributed by atoms with Crippen LogP contribution in [0.1, 0.15) is 245 Å². The van der Waals surface area contributed by atoms with Crippen LogP contribution < -0.4 is 0 Å². The number of esters is 4. The molecule has 338 valence electrons. The minimum Gasteiger partial charge on any atom is -0.463 e. The molecule has 0 aromatic carbocycles. The van der Waals surface area contributed by atoms with Crippen molar-refractivity contribution in [3.05, 3.63) is 24.3 Å². The maximum Gasteiger partial charge on any atom is 0.331 e. The van der Waals surface area contributed by atoms with Crippen LogP contribution in [0.5, 0.6) is 0 Å². The Labute approximate surface area is 356 Å². The number of hydrogen-bond acceptors (Lipinski definition) is 8. The standard InChI is InChI=1S/C50H90O8/c1-3-5-7-9-11-13-15-17-19-21-23-25-27-29-31-35-43-55-47(51)39-41-49(53)57-45-37-33-34-38-46-58-50(54)42-40-48(52)56-44-36-32-30-28-26-24-22-20-18-16-14-12-10-8-6-4-2/h39-42H,3-38,43-46H2,1-2H3/b41-39-,42-40-. The Kier molecular flexibility index (Phi) is 44.9. The predicted octanol–water partition coefficient (Wildman–Crippen LogP) is 14.4. The first-order chi connectivity index (χ1) is 28.5. The lowest BCUT2D eigenvalue weighted by molar-refractivity contribution is -0.140. The maximum absolute atomic E-state index is 11.9. The molecule has 58 heavy (non-hydrogen) atoms. The summed E-state index contributed by atoms with van der Waals surface area (Å²) < 4.78 is 20.7. The van der Waals surface area contributed by atoms with E-state index < -0.39 is 23.9 Å². The van der Waals surface area contributed by atoms with Gasteiger partial charge in [-0.05, 0) is 38.5 Å². The quantitative estimate of drug-likeness (QED) is 0.0259. The highest BCUT2D eigenvalue weighted by Crippen LogP contribution is 2.15. The molecule has 8 nitrogen and oxygen atoms in total. The summed E-state index contributed by atoms with van der Waals surface area (Å²) in [7, 11) is 0. The fraction of sp³-hybridized carbons (Fsp3) is 0.840. The monoisotopic (exact) mass is 819 g/mol. The molecule has 0 saturated carbocycles. The van der Waals surface area contributed by atoms with E-state index in [-0.39, 0.29) is 13.2 Å². The zero-order valence-electron chi connectivity index (χ0n) is 37.9. The molecular formula is C50H90O8. The molecule has 0 rings (SSSR count). The summed E-state index contributed by atoms with van der Waals surface area (Å²) in [5.74, 6) is -2.18. The summed E-state index contributed by atoms with van der Waals surface area (Å²) in [5, 5.41) is 0. The van der Waals surface area contributed by atoms with Crippen LogP contribution in [-0.4, -0.2) is 50.3 Å². The third-order valence-electron chi connectivity index (χ3n) is 10.7. The SMILES string of the molecule is CCCCCCCCCCCCCCCCCCOC(=O)/C=C\C(=O)OCCCCCCOC(=O)/C=C\C(=O)OCCCCCCCCCCCCCCCCCC. The summed E-state index contributed by atoms with van der Waals surface area (Å²) in [5.41, 5.74) is 0. The number of rotatable bonds is 45. The Morgan fingerprint density at radius 2 is 0.379 bits per heavy atom. The molecule has 0 aromatic rings. The second-order valence-corrected chi connectivity index (χ2v) is 16.4. The summed E-state index contributed by atoms with van der Waals surface area (Å²) in [4.78, 5) is 47.5. The Bertz CT molecular complexity index is 912. The Morgan fingerprint density at radius 3 is 0.534 bits per heavy atom. The minimum absolute atomic E-state index is 0.251. The predicted molar refractivity (Wildman–Crippen MR) is 240 cm³/mol. The lowest BCUT2D eigenvalue weighted by atomic mass is 10.0. The van der Waals surface area contributed by atoms with Crippen molar-refractivity contribution in [1.29, 1.82) is 0 Å². The first-order valence-electron chi connectivity index (χ1n) is 24.5. The van der Waals surface area contributed by atoms with Gasteiger partial charge in [0.15, 0.2) is 0 Å². The van der Waals surface area contributed by atoms with Crippen molar-refractivity contribution in [3.8, 4) is 0 Å². The van der Waals surface area contributed by atoms with Gasteiger partial charge >= 0.3 is 23.9 Å². The van der Waals surface area contributed by atoms with E-state index in [2.05, 4.69) is 13.8 Å². The molecule has 0 aromatic heterocycles. The lowest BCUT2D eigenvalue weighted by Crippen LogP contribution is -2.07.